The van der Waals surface area contributed by atoms with Crippen LogP contribution in [0.15, 0.2) is 24.4 Å². The number of nitrogens with zero attached hydrogens (tertiary/aromatic N) is 4. The molecule has 2 aromatic heterocycles. The second-order valence-electron chi connectivity index (χ2n) is 7.88. The van der Waals surface area contributed by atoms with Crippen LogP contribution in [0.1, 0.15) is 34.2 Å². The summed E-state index contributed by atoms with van der Waals surface area (Å²) in [6.45, 7) is 6.63. The fourth-order valence-electron chi connectivity index (χ4n) is 3.68. The highest BCUT2D eigenvalue weighted by Crippen LogP contribution is 2.35. The van der Waals surface area contributed by atoms with E-state index in [4.69, 9.17) is 0 Å². The van der Waals surface area contributed by atoms with Crippen molar-refractivity contribution in [2.75, 3.05) is 50.0 Å². The first kappa shape index (κ1) is 25.2. The first-order valence-corrected chi connectivity index (χ1v) is 10.9. The number of anilines is 2. The van der Waals surface area contributed by atoms with Crippen molar-refractivity contribution in [3.63, 3.8) is 0 Å². The summed E-state index contributed by atoms with van der Waals surface area (Å²) in [5.41, 5.74) is 0.559. The van der Waals surface area contributed by atoms with Gasteiger partial charge in [-0.1, -0.05) is 0 Å². The Labute approximate surface area is 195 Å². The number of amides is 3. The van der Waals surface area contributed by atoms with Crippen molar-refractivity contribution in [2.24, 2.45) is 0 Å². The highest BCUT2D eigenvalue weighted by molar-refractivity contribution is 5.92. The molecule has 3 amide bonds. The van der Waals surface area contributed by atoms with Gasteiger partial charge in [0, 0.05) is 52.5 Å². The minimum absolute atomic E-state index is 0.0340. The summed E-state index contributed by atoms with van der Waals surface area (Å²) in [5, 5.41) is 7.62. The van der Waals surface area contributed by atoms with Crippen LogP contribution in [0.25, 0.3) is 0 Å². The molecule has 0 aromatic carbocycles. The molecule has 0 radical (unpaired) electrons. The highest BCUT2D eigenvalue weighted by atomic mass is 19.4. The van der Waals surface area contributed by atoms with E-state index < -0.39 is 17.8 Å². The molecule has 1 saturated heterocycles. The zero-order chi connectivity index (χ0) is 24.9. The minimum atomic E-state index is -4.68. The van der Waals surface area contributed by atoms with Gasteiger partial charge in [0.05, 0.1) is 5.69 Å². The Morgan fingerprint density at radius 2 is 1.85 bits per heavy atom. The molecule has 3 heterocycles. The van der Waals surface area contributed by atoms with E-state index in [1.165, 1.54) is 19.2 Å². The molecule has 9 nitrogen and oxygen atoms in total. The van der Waals surface area contributed by atoms with E-state index in [-0.39, 0.29) is 17.4 Å². The Bertz CT molecular complexity index is 1040. The first-order valence-electron chi connectivity index (χ1n) is 10.9. The molecule has 0 atom stereocenters. The maximum Gasteiger partial charge on any atom is 0.435 e. The number of pyridine rings is 2. The molecule has 3 N–H and O–H groups in total. The molecule has 0 saturated carbocycles. The molecular weight excluding hydrogens is 451 g/mol. The average molecular weight is 480 g/mol. The van der Waals surface area contributed by atoms with Gasteiger partial charge < -0.3 is 15.5 Å². The Hall–Kier alpha value is -3.41. The third kappa shape index (κ3) is 6.13. The molecule has 3 rings (SSSR count). The standard InChI is InChI=1S/C22H28F3N7O2/c1-4-27-21(34)30-18-11-15(14(2)12-28-18)13-31-7-9-32(10-8-31)17-6-5-16(20(33)26-3)29-19(17)22(23,24)25/h5-6,11-12H,4,7-10,13H2,1-3H3,(H,26,33)(H2,27,28,30,34). The van der Waals surface area contributed by atoms with Gasteiger partial charge in [-0.3, -0.25) is 15.0 Å². The van der Waals surface area contributed by atoms with Gasteiger partial charge in [-0.15, -0.1) is 0 Å². The van der Waals surface area contributed by atoms with E-state index in [2.05, 4.69) is 30.8 Å². The Balaban J connectivity index is 1.69. The van der Waals surface area contributed by atoms with Crippen molar-refractivity contribution in [2.45, 2.75) is 26.6 Å². The number of hydrogen-bond donors (Lipinski definition) is 3. The van der Waals surface area contributed by atoms with Gasteiger partial charge in [0.25, 0.3) is 5.91 Å². The summed E-state index contributed by atoms with van der Waals surface area (Å²) in [6.07, 6.45) is -3.00. The van der Waals surface area contributed by atoms with Crippen LogP contribution in [0, 0.1) is 6.92 Å². The maximum absolute atomic E-state index is 13.7. The molecule has 34 heavy (non-hydrogen) atoms. The number of nitrogens with one attached hydrogen (secondary N) is 3. The zero-order valence-corrected chi connectivity index (χ0v) is 19.3. The number of piperazine rings is 1. The van der Waals surface area contributed by atoms with Gasteiger partial charge in [-0.05, 0) is 43.2 Å². The Kier molecular flexibility index (Phi) is 7.92. The smallest absolute Gasteiger partial charge is 0.367 e. The topological polar surface area (TPSA) is 102 Å². The number of halogens is 3. The van der Waals surface area contributed by atoms with Crippen molar-refractivity contribution >= 4 is 23.4 Å². The first-order chi connectivity index (χ1) is 16.1. The molecule has 0 bridgehead atoms. The Morgan fingerprint density at radius 3 is 2.47 bits per heavy atom. The Morgan fingerprint density at radius 1 is 1.15 bits per heavy atom. The number of hydrogen-bond acceptors (Lipinski definition) is 6. The number of aryl methyl sites for hydroxylation is 1. The number of rotatable bonds is 6. The predicted octanol–water partition coefficient (Wildman–Crippen LogP) is 2.63. The van der Waals surface area contributed by atoms with Gasteiger partial charge in [-0.25, -0.2) is 14.8 Å². The SMILES string of the molecule is CCNC(=O)Nc1cc(CN2CCN(c3ccc(C(=O)NC)nc3C(F)(F)F)CC2)c(C)cn1. The van der Waals surface area contributed by atoms with E-state index in [0.717, 1.165) is 11.1 Å². The fourth-order valence-corrected chi connectivity index (χ4v) is 3.68. The lowest BCUT2D eigenvalue weighted by molar-refractivity contribution is -0.140. The van der Waals surface area contributed by atoms with E-state index in [9.17, 15) is 22.8 Å². The fraction of sp³-hybridized carbons (Fsp3) is 0.455. The van der Waals surface area contributed by atoms with Crippen molar-refractivity contribution in [3.05, 3.63) is 46.9 Å². The van der Waals surface area contributed by atoms with E-state index >= 15 is 0 Å². The van der Waals surface area contributed by atoms with Gasteiger partial charge >= 0.3 is 12.2 Å². The van der Waals surface area contributed by atoms with Crippen LogP contribution in [-0.2, 0) is 12.7 Å². The molecular formula is C22H28F3N7O2. The number of carbonyl (C=O) groups is 2. The van der Waals surface area contributed by atoms with Crippen molar-refractivity contribution in [1.29, 1.82) is 0 Å². The molecule has 1 fully saturated rings. The molecule has 1 aliphatic rings. The van der Waals surface area contributed by atoms with E-state index in [0.29, 0.717) is 45.1 Å². The third-order valence-electron chi connectivity index (χ3n) is 5.50. The lowest BCUT2D eigenvalue weighted by Gasteiger charge is -2.37. The van der Waals surface area contributed by atoms with Crippen LogP contribution in [0.2, 0.25) is 0 Å². The van der Waals surface area contributed by atoms with E-state index in [1.807, 2.05) is 13.8 Å². The maximum atomic E-state index is 13.7. The molecule has 0 unspecified atom stereocenters. The lowest BCUT2D eigenvalue weighted by atomic mass is 10.1. The largest absolute Gasteiger partial charge is 0.435 e. The second kappa shape index (κ2) is 10.7. The average Bonchev–Trinajstić information content (AvgIpc) is 2.80. The van der Waals surface area contributed by atoms with Crippen LogP contribution >= 0.6 is 0 Å². The van der Waals surface area contributed by atoms with Crippen molar-refractivity contribution < 1.29 is 22.8 Å². The van der Waals surface area contributed by atoms with Crippen LogP contribution in [0.5, 0.6) is 0 Å². The summed E-state index contributed by atoms with van der Waals surface area (Å²) in [6, 6.07) is 4.08. The third-order valence-corrected chi connectivity index (χ3v) is 5.50. The summed E-state index contributed by atoms with van der Waals surface area (Å²) >= 11 is 0. The minimum Gasteiger partial charge on any atom is -0.367 e. The molecule has 0 aliphatic carbocycles. The zero-order valence-electron chi connectivity index (χ0n) is 19.3. The van der Waals surface area contributed by atoms with Gasteiger partial charge in [0.1, 0.15) is 11.5 Å². The van der Waals surface area contributed by atoms with Crippen LogP contribution in [0.3, 0.4) is 0 Å². The monoisotopic (exact) mass is 479 g/mol. The molecule has 12 heteroatoms. The molecule has 2 aromatic rings. The van der Waals surface area contributed by atoms with Crippen molar-refractivity contribution in [1.82, 2.24) is 25.5 Å². The number of carbonyl (C=O) groups excluding carboxylic acids is 2. The van der Waals surface area contributed by atoms with Gasteiger partial charge in [-0.2, -0.15) is 13.2 Å². The van der Waals surface area contributed by atoms with Crippen LogP contribution in [-0.4, -0.2) is 66.6 Å². The van der Waals surface area contributed by atoms with Crippen LogP contribution < -0.4 is 20.9 Å². The van der Waals surface area contributed by atoms with Crippen LogP contribution in [0.4, 0.5) is 29.5 Å². The molecule has 184 valence electrons. The second-order valence-corrected chi connectivity index (χ2v) is 7.88. The number of alkyl halides is 3. The highest BCUT2D eigenvalue weighted by Gasteiger charge is 2.38. The van der Waals surface area contributed by atoms with Gasteiger partial charge in [0.2, 0.25) is 0 Å². The summed E-state index contributed by atoms with van der Waals surface area (Å²) in [7, 11) is 1.34. The predicted molar refractivity (Wildman–Crippen MR) is 122 cm³/mol. The van der Waals surface area contributed by atoms with E-state index in [1.54, 1.807) is 17.2 Å². The van der Waals surface area contributed by atoms with Crippen molar-refractivity contribution in [3.8, 4) is 0 Å². The molecule has 0 spiro atoms. The normalized spacial score (nSPS) is 14.6. The lowest BCUT2D eigenvalue weighted by Crippen LogP contribution is -2.46. The molecule has 1 aliphatic heterocycles. The summed E-state index contributed by atoms with van der Waals surface area (Å²) in [5.74, 6) is -0.238. The quantitative estimate of drug-likeness (QED) is 0.589. The summed E-state index contributed by atoms with van der Waals surface area (Å²) < 4.78 is 41.0. The van der Waals surface area contributed by atoms with Gasteiger partial charge in [0.15, 0.2) is 5.69 Å². The summed E-state index contributed by atoms with van der Waals surface area (Å²) in [4.78, 5) is 35.1. The number of urea groups is 1. The number of aromatic nitrogens is 2.